The van der Waals surface area contributed by atoms with Gasteiger partial charge in [-0.2, -0.15) is 0 Å². The van der Waals surface area contributed by atoms with Crippen molar-refractivity contribution in [1.82, 2.24) is 4.98 Å². The molecular weight excluding hydrogens is 248 g/mol. The van der Waals surface area contributed by atoms with Crippen molar-refractivity contribution in [2.45, 2.75) is 33.2 Å². The molecule has 0 aliphatic carbocycles. The zero-order valence-corrected chi connectivity index (χ0v) is 12.6. The fourth-order valence-corrected chi connectivity index (χ4v) is 2.73. The highest BCUT2D eigenvalue weighted by molar-refractivity contribution is 5.40. The van der Waals surface area contributed by atoms with Gasteiger partial charge >= 0.3 is 0 Å². The van der Waals surface area contributed by atoms with E-state index in [0.717, 1.165) is 17.7 Å². The highest BCUT2D eigenvalue weighted by atomic mass is 16.5. The molecule has 0 saturated carbocycles. The van der Waals surface area contributed by atoms with Crippen LogP contribution in [0.4, 0.5) is 0 Å². The molecule has 1 atom stereocenters. The Morgan fingerprint density at radius 3 is 2.45 bits per heavy atom. The van der Waals surface area contributed by atoms with E-state index in [4.69, 9.17) is 10.5 Å². The summed E-state index contributed by atoms with van der Waals surface area (Å²) in [6.45, 7) is 6.41. The van der Waals surface area contributed by atoms with Crippen LogP contribution in [-0.2, 0) is 6.42 Å². The van der Waals surface area contributed by atoms with Crippen LogP contribution < -0.4 is 10.5 Å². The Kier molecular flexibility index (Phi) is 4.40. The number of nitrogens with two attached hydrogens (primary N) is 1. The number of ether oxygens (including phenoxy) is 1. The average molecular weight is 270 g/mol. The second-order valence-electron chi connectivity index (χ2n) is 5.31. The Morgan fingerprint density at radius 1 is 1.20 bits per heavy atom. The maximum Gasteiger partial charge on any atom is 0.141 e. The first-order valence-electron chi connectivity index (χ1n) is 6.83. The lowest BCUT2D eigenvalue weighted by Crippen LogP contribution is -2.16. The number of hydrogen-bond acceptors (Lipinski definition) is 3. The molecule has 1 aromatic heterocycles. The standard InChI is InChI=1S/C17H22N2O/c1-11-7-12(2)15(13(3)8-11)9-16(18)14-5-6-19-10-17(14)20-4/h5-8,10,16H,9,18H2,1-4H3. The summed E-state index contributed by atoms with van der Waals surface area (Å²) >= 11 is 0. The van der Waals surface area contributed by atoms with Crippen molar-refractivity contribution in [2.75, 3.05) is 7.11 Å². The predicted octanol–water partition coefficient (Wildman–Crippen LogP) is 3.26. The molecule has 0 aliphatic rings. The van der Waals surface area contributed by atoms with Gasteiger partial charge in [-0.05, 0) is 49.9 Å². The molecule has 2 N–H and O–H groups in total. The Labute approximate surface area is 120 Å². The number of aryl methyl sites for hydroxylation is 3. The maximum atomic E-state index is 6.37. The number of nitrogens with zero attached hydrogens (tertiary/aromatic N) is 1. The molecule has 0 spiro atoms. The monoisotopic (exact) mass is 270 g/mol. The molecule has 0 radical (unpaired) electrons. The zero-order chi connectivity index (χ0) is 14.7. The maximum absolute atomic E-state index is 6.37. The fraction of sp³-hybridized carbons (Fsp3) is 0.353. The molecule has 0 amide bonds. The van der Waals surface area contributed by atoms with Crippen LogP contribution in [0.3, 0.4) is 0 Å². The van der Waals surface area contributed by atoms with Gasteiger partial charge in [-0.25, -0.2) is 0 Å². The molecule has 0 bridgehead atoms. The number of rotatable bonds is 4. The van der Waals surface area contributed by atoms with Crippen LogP contribution in [0.15, 0.2) is 30.6 Å². The van der Waals surface area contributed by atoms with Crippen LogP contribution in [-0.4, -0.2) is 12.1 Å². The largest absolute Gasteiger partial charge is 0.495 e. The summed E-state index contributed by atoms with van der Waals surface area (Å²) < 4.78 is 5.34. The predicted molar refractivity (Wildman–Crippen MR) is 82.1 cm³/mol. The third-order valence-corrected chi connectivity index (χ3v) is 3.70. The van der Waals surface area contributed by atoms with Gasteiger partial charge in [0, 0.05) is 17.8 Å². The summed E-state index contributed by atoms with van der Waals surface area (Å²) in [5.41, 5.74) is 12.6. The van der Waals surface area contributed by atoms with Crippen LogP contribution in [0.2, 0.25) is 0 Å². The molecule has 1 aromatic carbocycles. The Hall–Kier alpha value is -1.87. The lowest BCUT2D eigenvalue weighted by Gasteiger charge is -2.18. The first kappa shape index (κ1) is 14.5. The van der Waals surface area contributed by atoms with Gasteiger partial charge in [0.25, 0.3) is 0 Å². The Balaban J connectivity index is 2.30. The van der Waals surface area contributed by atoms with Crippen molar-refractivity contribution in [3.8, 4) is 5.75 Å². The number of aromatic nitrogens is 1. The van der Waals surface area contributed by atoms with E-state index in [1.807, 2.05) is 6.07 Å². The van der Waals surface area contributed by atoms with E-state index in [9.17, 15) is 0 Å². The first-order chi connectivity index (χ1) is 9.52. The van der Waals surface area contributed by atoms with E-state index in [1.165, 1.54) is 22.3 Å². The van der Waals surface area contributed by atoms with Gasteiger partial charge in [-0.15, -0.1) is 0 Å². The van der Waals surface area contributed by atoms with Gasteiger partial charge < -0.3 is 10.5 Å². The summed E-state index contributed by atoms with van der Waals surface area (Å²) in [6.07, 6.45) is 4.27. The molecule has 1 heterocycles. The summed E-state index contributed by atoms with van der Waals surface area (Å²) in [5.74, 6) is 0.752. The van der Waals surface area contributed by atoms with E-state index in [2.05, 4.69) is 37.9 Å². The minimum atomic E-state index is -0.0898. The molecule has 2 aromatic rings. The number of methoxy groups -OCH3 is 1. The molecule has 20 heavy (non-hydrogen) atoms. The van der Waals surface area contributed by atoms with E-state index in [-0.39, 0.29) is 6.04 Å². The summed E-state index contributed by atoms with van der Waals surface area (Å²) in [7, 11) is 1.65. The van der Waals surface area contributed by atoms with Crippen LogP contribution >= 0.6 is 0 Å². The molecular formula is C17H22N2O. The normalized spacial score (nSPS) is 12.2. The van der Waals surface area contributed by atoms with Gasteiger partial charge in [0.05, 0.1) is 13.3 Å². The molecule has 2 rings (SSSR count). The molecule has 0 saturated heterocycles. The van der Waals surface area contributed by atoms with E-state index in [1.54, 1.807) is 19.5 Å². The van der Waals surface area contributed by atoms with Crippen molar-refractivity contribution in [3.63, 3.8) is 0 Å². The molecule has 3 heteroatoms. The smallest absolute Gasteiger partial charge is 0.141 e. The van der Waals surface area contributed by atoms with Crippen molar-refractivity contribution in [3.05, 3.63) is 58.4 Å². The minimum absolute atomic E-state index is 0.0898. The first-order valence-corrected chi connectivity index (χ1v) is 6.83. The Morgan fingerprint density at radius 2 is 1.85 bits per heavy atom. The SMILES string of the molecule is COc1cnccc1C(N)Cc1c(C)cc(C)cc1C. The third-order valence-electron chi connectivity index (χ3n) is 3.70. The van der Waals surface area contributed by atoms with Crippen molar-refractivity contribution in [2.24, 2.45) is 5.73 Å². The van der Waals surface area contributed by atoms with Crippen molar-refractivity contribution < 1.29 is 4.74 Å². The highest BCUT2D eigenvalue weighted by Gasteiger charge is 2.15. The second kappa shape index (κ2) is 6.06. The summed E-state index contributed by atoms with van der Waals surface area (Å²) in [5, 5.41) is 0. The van der Waals surface area contributed by atoms with Crippen molar-refractivity contribution >= 4 is 0 Å². The molecule has 0 fully saturated rings. The number of benzene rings is 1. The molecule has 0 aliphatic heterocycles. The van der Waals surface area contributed by atoms with Crippen LogP contribution in [0, 0.1) is 20.8 Å². The van der Waals surface area contributed by atoms with Gasteiger partial charge in [-0.1, -0.05) is 17.7 Å². The van der Waals surface area contributed by atoms with Gasteiger partial charge in [0.15, 0.2) is 0 Å². The van der Waals surface area contributed by atoms with Crippen molar-refractivity contribution in [1.29, 1.82) is 0 Å². The van der Waals surface area contributed by atoms with Gasteiger partial charge in [-0.3, -0.25) is 4.98 Å². The molecule has 3 nitrogen and oxygen atoms in total. The molecule has 106 valence electrons. The minimum Gasteiger partial charge on any atom is -0.495 e. The third kappa shape index (κ3) is 2.99. The highest BCUT2D eigenvalue weighted by Crippen LogP contribution is 2.27. The summed E-state index contributed by atoms with van der Waals surface area (Å²) in [4.78, 5) is 4.07. The quantitative estimate of drug-likeness (QED) is 0.927. The molecule has 1 unspecified atom stereocenters. The zero-order valence-electron chi connectivity index (χ0n) is 12.6. The van der Waals surface area contributed by atoms with Crippen LogP contribution in [0.5, 0.6) is 5.75 Å². The van der Waals surface area contributed by atoms with Crippen LogP contribution in [0.1, 0.15) is 33.9 Å². The topological polar surface area (TPSA) is 48.1 Å². The van der Waals surface area contributed by atoms with E-state index in [0.29, 0.717) is 0 Å². The van der Waals surface area contributed by atoms with E-state index < -0.39 is 0 Å². The van der Waals surface area contributed by atoms with E-state index >= 15 is 0 Å². The lowest BCUT2D eigenvalue weighted by atomic mass is 9.92. The lowest BCUT2D eigenvalue weighted by molar-refractivity contribution is 0.403. The van der Waals surface area contributed by atoms with Gasteiger partial charge in [0.1, 0.15) is 5.75 Å². The Bertz CT molecular complexity index is 585. The second-order valence-corrected chi connectivity index (χ2v) is 5.31. The fourth-order valence-electron chi connectivity index (χ4n) is 2.73. The van der Waals surface area contributed by atoms with Gasteiger partial charge in [0.2, 0.25) is 0 Å². The average Bonchev–Trinajstić information content (AvgIpc) is 2.42. The number of hydrogen-bond donors (Lipinski definition) is 1. The number of pyridine rings is 1. The summed E-state index contributed by atoms with van der Waals surface area (Å²) in [6, 6.07) is 6.26. The van der Waals surface area contributed by atoms with Crippen LogP contribution in [0.25, 0.3) is 0 Å².